The maximum atomic E-state index is 13.1. The van der Waals surface area contributed by atoms with E-state index in [-0.39, 0.29) is 18.3 Å². The molecule has 2 heterocycles. The minimum Gasteiger partial charge on any atom is -0.486 e. The van der Waals surface area contributed by atoms with E-state index in [2.05, 4.69) is 11.1 Å². The Kier molecular flexibility index (Phi) is 5.70. The van der Waals surface area contributed by atoms with Crippen molar-refractivity contribution in [3.05, 3.63) is 51.8 Å². The van der Waals surface area contributed by atoms with Crippen LogP contribution in [0.5, 0.6) is 11.5 Å². The zero-order valence-electron chi connectivity index (χ0n) is 17.9. The Balaban J connectivity index is 1.57. The van der Waals surface area contributed by atoms with Gasteiger partial charge in [0.05, 0.1) is 23.7 Å². The number of rotatable bonds is 4. The molecule has 0 radical (unpaired) electrons. The Morgan fingerprint density at radius 3 is 2.59 bits per heavy atom. The molecular formula is C24H24N2O5S. The first-order chi connectivity index (χ1) is 15.6. The highest BCUT2D eigenvalue weighted by molar-refractivity contribution is 7.16. The third kappa shape index (κ3) is 4.02. The van der Waals surface area contributed by atoms with Crippen molar-refractivity contribution in [2.75, 3.05) is 20.3 Å². The van der Waals surface area contributed by atoms with Crippen molar-refractivity contribution in [1.29, 1.82) is 0 Å². The molecule has 0 fully saturated rings. The molecule has 2 aromatic carbocycles. The number of carbonyl (C=O) groups is 2. The van der Waals surface area contributed by atoms with Crippen molar-refractivity contribution < 1.29 is 23.8 Å². The van der Waals surface area contributed by atoms with Gasteiger partial charge in [-0.2, -0.15) is 4.99 Å². The van der Waals surface area contributed by atoms with Crippen molar-refractivity contribution in [3.63, 3.8) is 0 Å². The minimum atomic E-state index is -0.318. The van der Waals surface area contributed by atoms with Gasteiger partial charge in [0.1, 0.15) is 13.2 Å². The predicted octanol–water partition coefficient (Wildman–Crippen LogP) is 3.66. The summed E-state index contributed by atoms with van der Waals surface area (Å²) in [6, 6.07) is 9.69. The number of methoxy groups -OCH3 is 1. The molecule has 0 atom stereocenters. The number of ether oxygens (including phenoxy) is 3. The van der Waals surface area contributed by atoms with Gasteiger partial charge in [-0.3, -0.25) is 9.59 Å². The van der Waals surface area contributed by atoms with Crippen molar-refractivity contribution in [2.24, 2.45) is 4.99 Å². The standard InChI is InChI=1S/C24H24N2O5S/c1-29-22(27)8-9-26-18-13-19-20(31-11-10-30-19)14-21(18)32-24(26)25-23(28)17-7-6-15-4-2-3-5-16(15)12-17/h6-7,12-14H,2-5,8-11H2,1H3. The van der Waals surface area contributed by atoms with Crippen LogP contribution >= 0.6 is 11.3 Å². The highest BCUT2D eigenvalue weighted by Crippen LogP contribution is 2.35. The maximum Gasteiger partial charge on any atom is 0.307 e. The fourth-order valence-corrected chi connectivity index (χ4v) is 5.30. The molecular weight excluding hydrogens is 428 g/mol. The molecule has 0 unspecified atom stereocenters. The number of hydrogen-bond donors (Lipinski definition) is 0. The molecule has 166 valence electrons. The number of esters is 1. The summed E-state index contributed by atoms with van der Waals surface area (Å²) >= 11 is 1.40. The first-order valence-electron chi connectivity index (χ1n) is 10.8. The third-order valence-corrected chi connectivity index (χ3v) is 6.95. The second kappa shape index (κ2) is 8.78. The number of amides is 1. The van der Waals surface area contributed by atoms with E-state index < -0.39 is 0 Å². The summed E-state index contributed by atoms with van der Waals surface area (Å²) in [4.78, 5) is 29.8. The number of carbonyl (C=O) groups excluding carboxylic acids is 2. The van der Waals surface area contributed by atoms with Gasteiger partial charge in [-0.25, -0.2) is 0 Å². The number of aromatic nitrogens is 1. The number of fused-ring (bicyclic) bond motifs is 3. The average Bonchev–Trinajstić information content (AvgIpc) is 3.16. The lowest BCUT2D eigenvalue weighted by Gasteiger charge is -2.18. The van der Waals surface area contributed by atoms with Crippen LogP contribution in [0.3, 0.4) is 0 Å². The van der Waals surface area contributed by atoms with Crippen LogP contribution in [0, 0.1) is 0 Å². The number of nitrogens with zero attached hydrogens (tertiary/aromatic N) is 2. The normalized spacial score (nSPS) is 15.5. The fourth-order valence-electron chi connectivity index (χ4n) is 4.23. The van der Waals surface area contributed by atoms with Crippen molar-refractivity contribution in [1.82, 2.24) is 4.57 Å². The molecule has 1 aliphatic carbocycles. The van der Waals surface area contributed by atoms with Gasteiger partial charge in [0, 0.05) is 24.2 Å². The summed E-state index contributed by atoms with van der Waals surface area (Å²) in [5.74, 6) is 0.731. The van der Waals surface area contributed by atoms with Gasteiger partial charge < -0.3 is 18.8 Å². The highest BCUT2D eigenvalue weighted by atomic mass is 32.1. The number of aryl methyl sites for hydroxylation is 3. The van der Waals surface area contributed by atoms with Gasteiger partial charge in [0.25, 0.3) is 5.91 Å². The molecule has 3 aromatic rings. The van der Waals surface area contributed by atoms with Gasteiger partial charge in [-0.05, 0) is 48.9 Å². The number of benzene rings is 2. The highest BCUT2D eigenvalue weighted by Gasteiger charge is 2.18. The quantitative estimate of drug-likeness (QED) is 0.565. The van der Waals surface area contributed by atoms with Crippen molar-refractivity contribution in [3.8, 4) is 11.5 Å². The molecule has 0 bridgehead atoms. The lowest BCUT2D eigenvalue weighted by Crippen LogP contribution is -2.19. The van der Waals surface area contributed by atoms with Crippen LogP contribution in [-0.4, -0.2) is 36.8 Å². The van der Waals surface area contributed by atoms with Crippen LogP contribution in [0.2, 0.25) is 0 Å². The van der Waals surface area contributed by atoms with Gasteiger partial charge in [-0.1, -0.05) is 17.4 Å². The molecule has 0 N–H and O–H groups in total. The summed E-state index contributed by atoms with van der Waals surface area (Å²) in [5, 5.41) is 0. The largest absolute Gasteiger partial charge is 0.486 e. The Labute approximate surface area is 189 Å². The summed E-state index contributed by atoms with van der Waals surface area (Å²) in [6.45, 7) is 1.34. The van der Waals surface area contributed by atoms with E-state index in [4.69, 9.17) is 14.2 Å². The smallest absolute Gasteiger partial charge is 0.307 e. The van der Waals surface area contributed by atoms with E-state index in [1.807, 2.05) is 28.8 Å². The molecule has 0 saturated carbocycles. The second-order valence-electron chi connectivity index (χ2n) is 7.93. The van der Waals surface area contributed by atoms with Crippen LogP contribution < -0.4 is 14.3 Å². The van der Waals surface area contributed by atoms with E-state index >= 15 is 0 Å². The molecule has 32 heavy (non-hydrogen) atoms. The van der Waals surface area contributed by atoms with Crippen LogP contribution in [0.4, 0.5) is 0 Å². The molecule has 2 aliphatic rings. The Morgan fingerprint density at radius 1 is 1.06 bits per heavy atom. The van der Waals surface area contributed by atoms with Gasteiger partial charge in [-0.15, -0.1) is 0 Å². The topological polar surface area (TPSA) is 79.1 Å². The molecule has 5 rings (SSSR count). The number of thiazole rings is 1. The van der Waals surface area contributed by atoms with E-state index in [0.717, 1.165) is 29.5 Å². The Hall–Kier alpha value is -3.13. The third-order valence-electron chi connectivity index (χ3n) is 5.91. The molecule has 0 saturated heterocycles. The summed E-state index contributed by atoms with van der Waals surface area (Å²) in [7, 11) is 1.37. The van der Waals surface area contributed by atoms with E-state index in [1.165, 1.54) is 36.0 Å². The Morgan fingerprint density at radius 2 is 1.81 bits per heavy atom. The lowest BCUT2D eigenvalue weighted by atomic mass is 9.90. The lowest BCUT2D eigenvalue weighted by molar-refractivity contribution is -0.140. The molecule has 1 aromatic heterocycles. The van der Waals surface area contributed by atoms with E-state index in [0.29, 0.717) is 41.6 Å². The first-order valence-corrected chi connectivity index (χ1v) is 11.6. The van der Waals surface area contributed by atoms with E-state index in [1.54, 1.807) is 0 Å². The zero-order valence-corrected chi connectivity index (χ0v) is 18.7. The minimum absolute atomic E-state index is 0.178. The van der Waals surface area contributed by atoms with Gasteiger partial charge in [0.15, 0.2) is 16.3 Å². The fraction of sp³-hybridized carbons (Fsp3) is 0.375. The summed E-state index contributed by atoms with van der Waals surface area (Å²) < 4.78 is 19.0. The monoisotopic (exact) mass is 452 g/mol. The van der Waals surface area contributed by atoms with Crippen molar-refractivity contribution in [2.45, 2.75) is 38.6 Å². The number of hydrogen-bond acceptors (Lipinski definition) is 6. The predicted molar refractivity (Wildman–Crippen MR) is 120 cm³/mol. The van der Waals surface area contributed by atoms with Crippen LogP contribution in [-0.2, 0) is 28.9 Å². The van der Waals surface area contributed by atoms with Gasteiger partial charge >= 0.3 is 5.97 Å². The molecule has 7 nitrogen and oxygen atoms in total. The van der Waals surface area contributed by atoms with Crippen LogP contribution in [0.25, 0.3) is 10.2 Å². The van der Waals surface area contributed by atoms with Gasteiger partial charge in [0.2, 0.25) is 0 Å². The Bertz CT molecular complexity index is 1270. The van der Waals surface area contributed by atoms with Crippen molar-refractivity contribution >= 4 is 33.4 Å². The molecule has 1 aliphatic heterocycles. The molecule has 1 amide bonds. The maximum absolute atomic E-state index is 13.1. The average molecular weight is 453 g/mol. The van der Waals surface area contributed by atoms with Crippen LogP contribution in [0.1, 0.15) is 40.7 Å². The zero-order chi connectivity index (χ0) is 22.1. The SMILES string of the molecule is COC(=O)CCn1c(=NC(=O)c2ccc3c(c2)CCCC3)sc2cc3c(cc21)OCCO3. The molecule has 0 spiro atoms. The summed E-state index contributed by atoms with van der Waals surface area (Å²) in [6.07, 6.45) is 4.60. The summed E-state index contributed by atoms with van der Waals surface area (Å²) in [5.41, 5.74) is 4.01. The first kappa shape index (κ1) is 20.8. The van der Waals surface area contributed by atoms with E-state index in [9.17, 15) is 9.59 Å². The molecule has 8 heteroatoms. The van der Waals surface area contributed by atoms with Crippen LogP contribution in [0.15, 0.2) is 35.3 Å². The second-order valence-corrected chi connectivity index (χ2v) is 8.94.